The number of Topliss-reactive ketones (excluding diaryl/α,β-unsaturated/α-hetero) is 1. The highest BCUT2D eigenvalue weighted by molar-refractivity contribution is 5.98. The normalized spacial score (nSPS) is 25.5. The van der Waals surface area contributed by atoms with Crippen LogP contribution in [0.5, 0.6) is 0 Å². The van der Waals surface area contributed by atoms with Crippen molar-refractivity contribution in [2.45, 2.75) is 45.6 Å². The van der Waals surface area contributed by atoms with Gasteiger partial charge in [-0.15, -0.1) is 0 Å². The zero-order valence-corrected chi connectivity index (χ0v) is 19.2. The lowest BCUT2D eigenvalue weighted by Gasteiger charge is -2.26. The van der Waals surface area contributed by atoms with Crippen LogP contribution in [0.3, 0.4) is 0 Å². The molecule has 32 heavy (non-hydrogen) atoms. The van der Waals surface area contributed by atoms with E-state index in [-0.39, 0.29) is 11.7 Å². The second-order valence-corrected chi connectivity index (χ2v) is 10.6. The maximum absolute atomic E-state index is 12.8. The van der Waals surface area contributed by atoms with Crippen molar-refractivity contribution in [3.63, 3.8) is 0 Å². The summed E-state index contributed by atoms with van der Waals surface area (Å²) in [4.78, 5) is 31.3. The van der Waals surface area contributed by atoms with Gasteiger partial charge in [-0.05, 0) is 42.4 Å². The van der Waals surface area contributed by atoms with Crippen molar-refractivity contribution in [2.75, 3.05) is 25.0 Å². The molecule has 1 saturated heterocycles. The van der Waals surface area contributed by atoms with Crippen LogP contribution in [-0.2, 0) is 11.2 Å². The van der Waals surface area contributed by atoms with Crippen molar-refractivity contribution in [2.24, 2.45) is 17.3 Å². The summed E-state index contributed by atoms with van der Waals surface area (Å²) in [5.74, 6) is 1.25. The van der Waals surface area contributed by atoms with Crippen LogP contribution in [0.25, 0.3) is 0 Å². The Morgan fingerprint density at radius 3 is 2.31 bits per heavy atom. The van der Waals surface area contributed by atoms with E-state index < -0.39 is 11.0 Å². The molecule has 4 rings (SSSR count). The summed E-state index contributed by atoms with van der Waals surface area (Å²) in [6, 6.07) is 13.6. The van der Waals surface area contributed by atoms with E-state index in [2.05, 4.69) is 27.3 Å². The molecule has 0 bridgehead atoms. The molecule has 0 unspecified atom stereocenters. The molecule has 170 valence electrons. The number of pyridine rings is 1. The maximum atomic E-state index is 12.8. The highest BCUT2D eigenvalue weighted by Crippen LogP contribution is 2.45. The topological polar surface area (TPSA) is 82.5 Å². The van der Waals surface area contributed by atoms with Crippen LogP contribution >= 0.6 is 0 Å². The first kappa shape index (κ1) is 22.6. The minimum Gasteiger partial charge on any atom is -0.390 e. The number of aliphatic hydroxyl groups is 1. The number of benzene rings is 1. The minimum absolute atomic E-state index is 0.0331. The Labute approximate surface area is 190 Å². The molecule has 2 heterocycles. The molecule has 2 fully saturated rings. The smallest absolute Gasteiger partial charge is 0.230 e. The van der Waals surface area contributed by atoms with E-state index in [0.717, 1.165) is 25.9 Å². The van der Waals surface area contributed by atoms with E-state index in [4.69, 9.17) is 0 Å². The van der Waals surface area contributed by atoms with Gasteiger partial charge in [0.2, 0.25) is 5.91 Å². The van der Waals surface area contributed by atoms with Crippen LogP contribution < -0.4 is 5.32 Å². The van der Waals surface area contributed by atoms with Crippen LogP contribution in [0, 0.1) is 17.3 Å². The highest BCUT2D eigenvalue weighted by atomic mass is 16.3. The lowest BCUT2D eigenvalue weighted by atomic mass is 9.91. The number of rotatable bonds is 6. The van der Waals surface area contributed by atoms with Crippen molar-refractivity contribution in [1.29, 1.82) is 0 Å². The summed E-state index contributed by atoms with van der Waals surface area (Å²) in [6.45, 7) is 7.58. The van der Waals surface area contributed by atoms with Gasteiger partial charge in [0.25, 0.3) is 0 Å². The number of aromatic nitrogens is 1. The summed E-state index contributed by atoms with van der Waals surface area (Å²) < 4.78 is 0. The zero-order chi connectivity index (χ0) is 22.9. The molecule has 6 nitrogen and oxygen atoms in total. The Morgan fingerprint density at radius 2 is 1.75 bits per heavy atom. The molecular formula is C26H33N3O3. The number of carbonyl (C=O) groups is 2. The second kappa shape index (κ2) is 8.75. The molecule has 1 aromatic heterocycles. The van der Waals surface area contributed by atoms with E-state index in [0.29, 0.717) is 36.2 Å². The minimum atomic E-state index is -0.635. The lowest BCUT2D eigenvalue weighted by Crippen LogP contribution is -2.34. The van der Waals surface area contributed by atoms with Crippen molar-refractivity contribution in [3.8, 4) is 0 Å². The third kappa shape index (κ3) is 5.25. The Hall–Kier alpha value is -2.57. The van der Waals surface area contributed by atoms with Crippen molar-refractivity contribution < 1.29 is 14.7 Å². The fraction of sp³-hybridized carbons (Fsp3) is 0.500. The van der Waals surface area contributed by atoms with E-state index >= 15 is 0 Å². The van der Waals surface area contributed by atoms with Gasteiger partial charge in [-0.1, -0.05) is 51.1 Å². The molecule has 2 N–H and O–H groups in total. The monoisotopic (exact) mass is 435 g/mol. The van der Waals surface area contributed by atoms with Crippen LogP contribution in [0.1, 0.15) is 49.5 Å². The summed E-state index contributed by atoms with van der Waals surface area (Å²) in [5.41, 5.74) is 0.592. The molecule has 1 amide bonds. The van der Waals surface area contributed by atoms with Gasteiger partial charge in [-0.2, -0.15) is 0 Å². The number of ketones is 1. The van der Waals surface area contributed by atoms with E-state index in [1.54, 1.807) is 12.1 Å². The highest BCUT2D eigenvalue weighted by Gasteiger charge is 2.48. The third-order valence-electron chi connectivity index (χ3n) is 6.69. The first-order chi connectivity index (χ1) is 15.1. The number of nitrogens with zero attached hydrogens (tertiary/aromatic N) is 2. The molecule has 0 radical (unpaired) electrons. The van der Waals surface area contributed by atoms with Crippen molar-refractivity contribution in [1.82, 2.24) is 9.88 Å². The number of nitrogens with one attached hydrogen (secondary N) is 1. The van der Waals surface area contributed by atoms with Crippen LogP contribution in [0.2, 0.25) is 0 Å². The van der Waals surface area contributed by atoms with Gasteiger partial charge in [0.05, 0.1) is 12.1 Å². The Kier molecular flexibility index (Phi) is 6.19. The predicted molar refractivity (Wildman–Crippen MR) is 124 cm³/mol. The molecule has 6 heteroatoms. The fourth-order valence-corrected chi connectivity index (χ4v) is 5.04. The summed E-state index contributed by atoms with van der Waals surface area (Å²) >= 11 is 0. The van der Waals surface area contributed by atoms with Gasteiger partial charge in [-0.3, -0.25) is 14.5 Å². The first-order valence-corrected chi connectivity index (χ1v) is 11.4. The molecule has 1 aliphatic heterocycles. The quantitative estimate of drug-likeness (QED) is 0.678. The number of hydrogen-bond donors (Lipinski definition) is 2. The summed E-state index contributed by atoms with van der Waals surface area (Å²) in [5, 5.41) is 13.9. The van der Waals surface area contributed by atoms with Gasteiger partial charge in [0.15, 0.2) is 5.78 Å². The molecule has 1 saturated carbocycles. The van der Waals surface area contributed by atoms with Crippen molar-refractivity contribution in [3.05, 3.63) is 59.8 Å². The van der Waals surface area contributed by atoms with Crippen LogP contribution in [0.15, 0.2) is 48.7 Å². The number of amides is 1. The van der Waals surface area contributed by atoms with Crippen LogP contribution in [-0.4, -0.2) is 51.9 Å². The lowest BCUT2D eigenvalue weighted by molar-refractivity contribution is -0.123. The fourth-order valence-electron chi connectivity index (χ4n) is 5.04. The molecule has 3 atom stereocenters. The average Bonchev–Trinajstić information content (AvgIpc) is 3.22. The molecule has 1 aromatic carbocycles. The first-order valence-electron chi connectivity index (χ1n) is 11.4. The molecule has 2 aliphatic rings. The third-order valence-corrected chi connectivity index (χ3v) is 6.69. The number of fused-ring (bicyclic) bond motifs is 1. The van der Waals surface area contributed by atoms with Gasteiger partial charge in [0, 0.05) is 36.7 Å². The largest absolute Gasteiger partial charge is 0.390 e. The predicted octanol–water partition coefficient (Wildman–Crippen LogP) is 3.56. The Balaban J connectivity index is 1.28. The number of anilines is 1. The van der Waals surface area contributed by atoms with Gasteiger partial charge >= 0.3 is 0 Å². The number of carbonyl (C=O) groups excluding carboxylic acids is 2. The van der Waals surface area contributed by atoms with E-state index in [1.807, 2.05) is 39.0 Å². The SMILES string of the molecule is CC(C)(C)C(=O)Nc1ccc(C(=O)CN2C[C@@H]3C[C@@](O)(Cc4ccccc4)C[C@@H]3C2)cn1. The van der Waals surface area contributed by atoms with Crippen molar-refractivity contribution >= 4 is 17.5 Å². The zero-order valence-electron chi connectivity index (χ0n) is 19.2. The molecule has 1 aliphatic carbocycles. The number of hydrogen-bond acceptors (Lipinski definition) is 5. The van der Waals surface area contributed by atoms with E-state index in [9.17, 15) is 14.7 Å². The average molecular weight is 436 g/mol. The standard InChI is InChI=1S/C26H33N3O3/c1-25(2,3)24(31)28-23-10-9-19(14-27-23)22(30)17-29-15-20-12-26(32,13-21(20)16-29)11-18-7-5-4-6-8-18/h4-10,14,20-21,32H,11-13,15-17H2,1-3H3,(H,27,28,31)/t20-,21+,26-. The number of likely N-dealkylation sites (tertiary alicyclic amines) is 1. The molecule has 2 aromatic rings. The Morgan fingerprint density at radius 1 is 1.09 bits per heavy atom. The van der Waals surface area contributed by atoms with Gasteiger partial charge in [-0.25, -0.2) is 4.98 Å². The van der Waals surface area contributed by atoms with Crippen LogP contribution in [0.4, 0.5) is 5.82 Å². The Bertz CT molecular complexity index is 952. The molecule has 0 spiro atoms. The van der Waals surface area contributed by atoms with E-state index in [1.165, 1.54) is 11.8 Å². The summed E-state index contributed by atoms with van der Waals surface area (Å²) in [7, 11) is 0. The summed E-state index contributed by atoms with van der Waals surface area (Å²) in [6.07, 6.45) is 3.82. The molecular weight excluding hydrogens is 402 g/mol. The van der Waals surface area contributed by atoms with Gasteiger partial charge < -0.3 is 10.4 Å². The van der Waals surface area contributed by atoms with Gasteiger partial charge in [0.1, 0.15) is 5.82 Å². The second-order valence-electron chi connectivity index (χ2n) is 10.6. The maximum Gasteiger partial charge on any atom is 0.230 e.